The van der Waals surface area contributed by atoms with E-state index in [1.165, 1.54) is 44.3 Å². The first-order valence-electron chi connectivity index (χ1n) is 6.13. The van der Waals surface area contributed by atoms with Gasteiger partial charge in [-0.3, -0.25) is 5.10 Å². The molecule has 2 aliphatic rings. The van der Waals surface area contributed by atoms with Crippen molar-refractivity contribution in [3.8, 4) is 0 Å². The largest absolute Gasteiger partial charge is 0.317 e. The minimum atomic E-state index is 0.772. The van der Waals surface area contributed by atoms with Crippen LogP contribution in [0.15, 0.2) is 12.4 Å². The zero-order valence-electron chi connectivity index (χ0n) is 9.08. The molecule has 2 bridgehead atoms. The summed E-state index contributed by atoms with van der Waals surface area (Å²) < 4.78 is 0. The number of H-pyrrole nitrogens is 1. The first kappa shape index (κ1) is 9.40. The van der Waals surface area contributed by atoms with E-state index in [2.05, 4.69) is 21.7 Å². The van der Waals surface area contributed by atoms with E-state index in [1.807, 2.05) is 6.20 Å². The van der Waals surface area contributed by atoms with Gasteiger partial charge in [0.05, 0.1) is 6.20 Å². The quantitative estimate of drug-likeness (QED) is 0.735. The van der Waals surface area contributed by atoms with Crippen molar-refractivity contribution in [2.24, 2.45) is 11.8 Å². The summed E-state index contributed by atoms with van der Waals surface area (Å²) in [4.78, 5) is 0. The minimum Gasteiger partial charge on any atom is -0.317 e. The average molecular weight is 205 g/mol. The summed E-state index contributed by atoms with van der Waals surface area (Å²) in [5.41, 5.74) is 1.43. The first-order valence-corrected chi connectivity index (χ1v) is 6.13. The molecule has 0 aromatic carbocycles. The Labute approximate surface area is 90.7 Å². The second-order valence-corrected chi connectivity index (χ2v) is 5.06. The Bertz CT molecular complexity index is 307. The standard InChI is InChI=1S/C12H19N3/c1-3-13-4-2-10-5-9(1)6-12(10)11-7-14-15-8-11/h7-10,12-13H,1-6H2,(H,14,15). The molecule has 82 valence electrons. The number of hydrogen-bond donors (Lipinski definition) is 2. The molecule has 3 heteroatoms. The number of aromatic nitrogens is 2. The predicted octanol–water partition coefficient (Wildman–Crippen LogP) is 1.90. The van der Waals surface area contributed by atoms with Crippen molar-refractivity contribution in [2.45, 2.75) is 31.6 Å². The molecule has 3 rings (SSSR count). The Balaban J connectivity index is 1.79. The zero-order chi connectivity index (χ0) is 10.1. The van der Waals surface area contributed by atoms with Gasteiger partial charge in [-0.1, -0.05) is 0 Å². The Morgan fingerprint density at radius 2 is 2.13 bits per heavy atom. The molecule has 15 heavy (non-hydrogen) atoms. The van der Waals surface area contributed by atoms with Crippen molar-refractivity contribution < 1.29 is 0 Å². The first-order chi connectivity index (χ1) is 7.43. The fourth-order valence-corrected chi connectivity index (χ4v) is 3.39. The molecule has 2 N–H and O–H groups in total. The molecule has 1 saturated carbocycles. The summed E-state index contributed by atoms with van der Waals surface area (Å²) in [6.45, 7) is 2.42. The highest BCUT2D eigenvalue weighted by atomic mass is 15.1. The summed E-state index contributed by atoms with van der Waals surface area (Å²) in [7, 11) is 0. The maximum atomic E-state index is 4.09. The van der Waals surface area contributed by atoms with Gasteiger partial charge < -0.3 is 5.32 Å². The van der Waals surface area contributed by atoms with Crippen LogP contribution >= 0.6 is 0 Å². The predicted molar refractivity (Wildman–Crippen MR) is 59.6 cm³/mol. The highest BCUT2D eigenvalue weighted by molar-refractivity contribution is 5.14. The molecule has 3 nitrogen and oxygen atoms in total. The molecule has 0 radical (unpaired) electrons. The number of aromatic amines is 1. The Hall–Kier alpha value is -0.830. The number of nitrogens with one attached hydrogen (secondary N) is 2. The normalized spacial score (nSPS) is 36.1. The van der Waals surface area contributed by atoms with Crippen LogP contribution in [0.1, 0.15) is 37.2 Å². The molecule has 0 amide bonds. The van der Waals surface area contributed by atoms with Crippen molar-refractivity contribution in [3.63, 3.8) is 0 Å². The van der Waals surface area contributed by atoms with Crippen LogP contribution in [-0.4, -0.2) is 23.3 Å². The molecule has 3 atom stereocenters. The SMILES string of the molecule is c1n[nH]cc1C1CC2CCNCCC1C2. The fourth-order valence-electron chi connectivity index (χ4n) is 3.39. The van der Waals surface area contributed by atoms with Gasteiger partial charge in [0.25, 0.3) is 0 Å². The Morgan fingerprint density at radius 1 is 1.20 bits per heavy atom. The van der Waals surface area contributed by atoms with Crippen molar-refractivity contribution in [2.75, 3.05) is 13.1 Å². The molecule has 0 spiro atoms. The van der Waals surface area contributed by atoms with Crippen LogP contribution in [0.2, 0.25) is 0 Å². The molecule has 1 aliphatic heterocycles. The average Bonchev–Trinajstić information content (AvgIpc) is 2.84. The number of rotatable bonds is 1. The van der Waals surface area contributed by atoms with Gasteiger partial charge in [0, 0.05) is 6.20 Å². The highest BCUT2D eigenvalue weighted by Gasteiger charge is 2.35. The van der Waals surface area contributed by atoms with Crippen LogP contribution in [0.25, 0.3) is 0 Å². The van der Waals surface area contributed by atoms with Gasteiger partial charge in [-0.2, -0.15) is 5.10 Å². The summed E-state index contributed by atoms with van der Waals surface area (Å²) in [5, 5.41) is 10.6. The van der Waals surface area contributed by atoms with E-state index >= 15 is 0 Å². The fraction of sp³-hybridized carbons (Fsp3) is 0.750. The van der Waals surface area contributed by atoms with Gasteiger partial charge in [0.1, 0.15) is 0 Å². The Morgan fingerprint density at radius 3 is 3.00 bits per heavy atom. The van der Waals surface area contributed by atoms with Gasteiger partial charge in [0.15, 0.2) is 0 Å². The maximum absolute atomic E-state index is 4.09. The van der Waals surface area contributed by atoms with E-state index in [1.54, 1.807) is 0 Å². The van der Waals surface area contributed by atoms with Crippen molar-refractivity contribution in [3.05, 3.63) is 18.0 Å². The topological polar surface area (TPSA) is 40.7 Å². The molecular weight excluding hydrogens is 186 g/mol. The second-order valence-electron chi connectivity index (χ2n) is 5.06. The lowest BCUT2D eigenvalue weighted by atomic mass is 9.88. The van der Waals surface area contributed by atoms with Crippen molar-refractivity contribution in [1.82, 2.24) is 15.5 Å². The molecule has 2 fully saturated rings. The Kier molecular flexibility index (Phi) is 2.49. The van der Waals surface area contributed by atoms with Gasteiger partial charge in [-0.15, -0.1) is 0 Å². The number of nitrogens with zero attached hydrogens (tertiary/aromatic N) is 1. The van der Waals surface area contributed by atoms with E-state index < -0.39 is 0 Å². The summed E-state index contributed by atoms with van der Waals surface area (Å²) in [6.07, 6.45) is 9.64. The molecule has 3 unspecified atom stereocenters. The lowest BCUT2D eigenvalue weighted by Gasteiger charge is -2.19. The van der Waals surface area contributed by atoms with Crippen LogP contribution in [0.5, 0.6) is 0 Å². The molecule has 1 saturated heterocycles. The number of hydrogen-bond acceptors (Lipinski definition) is 2. The summed E-state index contributed by atoms with van der Waals surface area (Å²) in [5.74, 6) is 2.61. The van der Waals surface area contributed by atoms with Gasteiger partial charge in [0.2, 0.25) is 0 Å². The lowest BCUT2D eigenvalue weighted by Crippen LogP contribution is -2.23. The number of fused-ring (bicyclic) bond motifs is 2. The third kappa shape index (κ3) is 1.81. The third-order valence-corrected chi connectivity index (χ3v) is 4.16. The third-order valence-electron chi connectivity index (χ3n) is 4.16. The zero-order valence-corrected chi connectivity index (χ0v) is 9.08. The molecule has 1 aromatic heterocycles. The smallest absolute Gasteiger partial charge is 0.0522 e. The van der Waals surface area contributed by atoms with E-state index in [0.717, 1.165) is 17.8 Å². The molecule has 2 heterocycles. The van der Waals surface area contributed by atoms with Gasteiger partial charge in [-0.25, -0.2) is 0 Å². The van der Waals surface area contributed by atoms with Crippen LogP contribution < -0.4 is 5.32 Å². The highest BCUT2D eigenvalue weighted by Crippen LogP contribution is 2.46. The van der Waals surface area contributed by atoms with Crippen LogP contribution in [0.4, 0.5) is 0 Å². The van der Waals surface area contributed by atoms with Crippen LogP contribution in [0, 0.1) is 11.8 Å². The molecular formula is C12H19N3. The van der Waals surface area contributed by atoms with Crippen molar-refractivity contribution in [1.29, 1.82) is 0 Å². The molecule has 1 aromatic rings. The monoisotopic (exact) mass is 205 g/mol. The second kappa shape index (κ2) is 3.97. The summed E-state index contributed by atoms with van der Waals surface area (Å²) in [6, 6.07) is 0. The van der Waals surface area contributed by atoms with E-state index in [4.69, 9.17) is 0 Å². The summed E-state index contributed by atoms with van der Waals surface area (Å²) >= 11 is 0. The minimum absolute atomic E-state index is 0.772. The maximum Gasteiger partial charge on any atom is 0.0522 e. The van der Waals surface area contributed by atoms with E-state index in [9.17, 15) is 0 Å². The van der Waals surface area contributed by atoms with E-state index in [-0.39, 0.29) is 0 Å². The van der Waals surface area contributed by atoms with Gasteiger partial charge >= 0.3 is 0 Å². The molecule has 1 aliphatic carbocycles. The van der Waals surface area contributed by atoms with Crippen LogP contribution in [0.3, 0.4) is 0 Å². The van der Waals surface area contributed by atoms with Crippen LogP contribution in [-0.2, 0) is 0 Å². The van der Waals surface area contributed by atoms with E-state index in [0.29, 0.717) is 0 Å². The van der Waals surface area contributed by atoms with Crippen molar-refractivity contribution >= 4 is 0 Å². The van der Waals surface area contributed by atoms with Gasteiger partial charge in [-0.05, 0) is 62.1 Å². The lowest BCUT2D eigenvalue weighted by molar-refractivity contribution is 0.386.